The second kappa shape index (κ2) is 13.0. The number of hydrogen-bond acceptors (Lipinski definition) is 7. The molecule has 0 saturated carbocycles. The van der Waals surface area contributed by atoms with Crippen molar-refractivity contribution in [3.05, 3.63) is 84.2 Å². The van der Waals surface area contributed by atoms with E-state index in [1.807, 2.05) is 19.1 Å². The minimum Gasteiger partial charge on any atom is -0.494 e. The van der Waals surface area contributed by atoms with Crippen molar-refractivity contribution >= 4 is 46.5 Å². The number of thiocarbonyl (C=S) groups is 1. The molecule has 202 valence electrons. The van der Waals surface area contributed by atoms with Crippen molar-refractivity contribution in [2.75, 3.05) is 30.0 Å². The van der Waals surface area contributed by atoms with Gasteiger partial charge < -0.3 is 19.7 Å². The summed E-state index contributed by atoms with van der Waals surface area (Å²) in [4.78, 5) is 46.0. The number of ether oxygens (including phenoxy) is 2. The molecule has 2 amide bonds. The molecule has 4 rings (SSSR count). The van der Waals surface area contributed by atoms with Gasteiger partial charge in [-0.3, -0.25) is 19.5 Å². The maximum absolute atomic E-state index is 13.7. The van der Waals surface area contributed by atoms with Crippen molar-refractivity contribution in [1.29, 1.82) is 0 Å². The molecule has 1 saturated heterocycles. The van der Waals surface area contributed by atoms with Gasteiger partial charge in [-0.1, -0.05) is 0 Å². The summed E-state index contributed by atoms with van der Waals surface area (Å²) in [5.41, 5.74) is 2.53. The molecule has 0 radical (unpaired) electrons. The number of anilines is 2. The van der Waals surface area contributed by atoms with Crippen LogP contribution in [0.2, 0.25) is 0 Å². The maximum atomic E-state index is 13.7. The first-order valence-corrected chi connectivity index (χ1v) is 13.2. The van der Waals surface area contributed by atoms with Gasteiger partial charge >= 0.3 is 5.97 Å². The van der Waals surface area contributed by atoms with E-state index in [1.165, 1.54) is 4.90 Å². The third-order valence-corrected chi connectivity index (χ3v) is 6.59. The van der Waals surface area contributed by atoms with Gasteiger partial charge in [0.25, 0.3) is 5.91 Å². The number of benzene rings is 2. The molecule has 0 aliphatic carbocycles. The highest BCUT2D eigenvalue weighted by Crippen LogP contribution is 2.28. The molecule has 1 aliphatic rings. The van der Waals surface area contributed by atoms with E-state index in [4.69, 9.17) is 21.7 Å². The molecular weight excluding hydrogens is 516 g/mol. The predicted molar refractivity (Wildman–Crippen MR) is 152 cm³/mol. The van der Waals surface area contributed by atoms with Crippen molar-refractivity contribution in [1.82, 2.24) is 9.88 Å². The molecule has 1 N–H and O–H groups in total. The van der Waals surface area contributed by atoms with Crippen molar-refractivity contribution in [2.24, 2.45) is 0 Å². The fourth-order valence-electron chi connectivity index (χ4n) is 4.27. The number of nitrogens with one attached hydrogen (secondary N) is 1. The minimum atomic E-state index is -0.785. The summed E-state index contributed by atoms with van der Waals surface area (Å²) in [6, 6.07) is 16.6. The zero-order chi connectivity index (χ0) is 27.8. The smallest absolute Gasteiger partial charge is 0.338 e. The zero-order valence-electron chi connectivity index (χ0n) is 21.8. The summed E-state index contributed by atoms with van der Waals surface area (Å²) in [7, 11) is 0. The normalized spacial score (nSPS) is 14.9. The number of rotatable bonds is 11. The second-order valence-electron chi connectivity index (χ2n) is 8.75. The lowest BCUT2D eigenvalue weighted by Gasteiger charge is -2.24. The highest BCUT2D eigenvalue weighted by molar-refractivity contribution is 7.80. The van der Waals surface area contributed by atoms with E-state index in [2.05, 4.69) is 10.3 Å². The molecule has 1 aliphatic heterocycles. The zero-order valence-corrected chi connectivity index (χ0v) is 22.6. The molecule has 1 atom stereocenters. The SMILES string of the molecule is CCOC(=O)c1ccc(N2C(=O)C(CC(=O)Nc3ccc(OCC)cc3)N(CCc3ccncc3)C2=S)cc1. The van der Waals surface area contributed by atoms with Crippen LogP contribution < -0.4 is 15.0 Å². The molecule has 1 unspecified atom stereocenters. The molecule has 10 heteroatoms. The van der Waals surface area contributed by atoms with E-state index >= 15 is 0 Å². The van der Waals surface area contributed by atoms with Crippen LogP contribution in [0.1, 0.15) is 36.2 Å². The Kier molecular flexibility index (Phi) is 9.22. The van der Waals surface area contributed by atoms with Gasteiger partial charge in [0.05, 0.1) is 30.9 Å². The highest BCUT2D eigenvalue weighted by atomic mass is 32.1. The van der Waals surface area contributed by atoms with Gasteiger partial charge in [-0.2, -0.15) is 0 Å². The van der Waals surface area contributed by atoms with Gasteiger partial charge in [0, 0.05) is 24.6 Å². The number of amides is 2. The summed E-state index contributed by atoms with van der Waals surface area (Å²) < 4.78 is 10.5. The summed E-state index contributed by atoms with van der Waals surface area (Å²) >= 11 is 5.74. The Balaban J connectivity index is 1.53. The largest absolute Gasteiger partial charge is 0.494 e. The summed E-state index contributed by atoms with van der Waals surface area (Å²) in [5.74, 6) is -0.352. The van der Waals surface area contributed by atoms with E-state index in [0.717, 1.165) is 5.56 Å². The quantitative estimate of drug-likeness (QED) is 0.282. The van der Waals surface area contributed by atoms with Gasteiger partial charge in [-0.05, 0) is 98.7 Å². The van der Waals surface area contributed by atoms with Crippen molar-refractivity contribution in [3.8, 4) is 5.75 Å². The number of carbonyl (C=O) groups excluding carboxylic acids is 3. The van der Waals surface area contributed by atoms with E-state index in [1.54, 1.807) is 72.7 Å². The molecule has 1 fully saturated rings. The van der Waals surface area contributed by atoms with Crippen LogP contribution in [0.4, 0.5) is 11.4 Å². The van der Waals surface area contributed by atoms with Gasteiger partial charge in [-0.25, -0.2) is 4.79 Å². The number of hydrogen-bond donors (Lipinski definition) is 1. The lowest BCUT2D eigenvalue weighted by molar-refractivity contribution is -0.124. The van der Waals surface area contributed by atoms with Crippen LogP contribution in [0.15, 0.2) is 73.1 Å². The number of esters is 1. The van der Waals surface area contributed by atoms with Crippen LogP contribution in [-0.2, 0) is 20.7 Å². The van der Waals surface area contributed by atoms with E-state index in [0.29, 0.717) is 47.4 Å². The number of pyridine rings is 1. The standard InChI is InChI=1S/C29H30N4O5S/c1-3-37-24-11-7-22(8-12-24)31-26(34)19-25-27(35)33(23-9-5-21(6-10-23)28(36)38-4-2)29(39)32(25)18-15-20-13-16-30-17-14-20/h5-14,16-17,25H,3-4,15,18-19H2,1-2H3,(H,31,34). The lowest BCUT2D eigenvalue weighted by atomic mass is 10.1. The van der Waals surface area contributed by atoms with E-state index in [-0.39, 0.29) is 24.8 Å². The van der Waals surface area contributed by atoms with Gasteiger partial charge in [0.1, 0.15) is 11.8 Å². The topological polar surface area (TPSA) is 101 Å². The van der Waals surface area contributed by atoms with Crippen molar-refractivity contribution in [3.63, 3.8) is 0 Å². The molecule has 9 nitrogen and oxygen atoms in total. The Bertz CT molecular complexity index is 1320. The summed E-state index contributed by atoms with van der Waals surface area (Å²) in [6.45, 7) is 4.89. The van der Waals surface area contributed by atoms with Crippen LogP contribution >= 0.6 is 12.2 Å². The Morgan fingerprint density at radius 1 is 0.974 bits per heavy atom. The van der Waals surface area contributed by atoms with Gasteiger partial charge in [-0.15, -0.1) is 0 Å². The van der Waals surface area contributed by atoms with Gasteiger partial charge in [0.2, 0.25) is 5.91 Å². The first-order chi connectivity index (χ1) is 18.9. The van der Waals surface area contributed by atoms with E-state index < -0.39 is 12.0 Å². The fourth-order valence-corrected chi connectivity index (χ4v) is 4.69. The Labute approximate surface area is 232 Å². The Hall–Kier alpha value is -4.31. The number of carbonyl (C=O) groups is 3. The first kappa shape index (κ1) is 27.7. The third-order valence-electron chi connectivity index (χ3n) is 6.17. The Morgan fingerprint density at radius 3 is 2.31 bits per heavy atom. The van der Waals surface area contributed by atoms with Crippen LogP contribution in [0.25, 0.3) is 0 Å². The summed E-state index contributed by atoms with van der Waals surface area (Å²) in [6.07, 6.45) is 3.95. The number of aromatic nitrogens is 1. The lowest BCUT2D eigenvalue weighted by Crippen LogP contribution is -2.39. The molecule has 0 spiro atoms. The predicted octanol–water partition coefficient (Wildman–Crippen LogP) is 4.23. The van der Waals surface area contributed by atoms with Crippen LogP contribution in [0, 0.1) is 0 Å². The minimum absolute atomic E-state index is 0.0834. The van der Waals surface area contributed by atoms with Crippen molar-refractivity contribution < 1.29 is 23.9 Å². The molecule has 39 heavy (non-hydrogen) atoms. The molecular formula is C29H30N4O5S. The molecule has 2 heterocycles. The van der Waals surface area contributed by atoms with Crippen LogP contribution in [0.3, 0.4) is 0 Å². The molecule has 2 aromatic carbocycles. The second-order valence-corrected chi connectivity index (χ2v) is 9.11. The average molecular weight is 547 g/mol. The molecule has 1 aromatic heterocycles. The van der Waals surface area contributed by atoms with Crippen molar-refractivity contribution in [2.45, 2.75) is 32.7 Å². The molecule has 3 aromatic rings. The number of nitrogens with zero attached hydrogens (tertiary/aromatic N) is 3. The molecule has 0 bridgehead atoms. The van der Waals surface area contributed by atoms with Crippen LogP contribution in [-0.4, -0.2) is 58.6 Å². The monoisotopic (exact) mass is 546 g/mol. The third kappa shape index (κ3) is 6.77. The van der Waals surface area contributed by atoms with E-state index in [9.17, 15) is 14.4 Å². The fraction of sp³-hybridized carbons (Fsp3) is 0.276. The average Bonchev–Trinajstić information content (AvgIpc) is 3.17. The summed E-state index contributed by atoms with van der Waals surface area (Å²) in [5, 5.41) is 3.16. The first-order valence-electron chi connectivity index (χ1n) is 12.7. The Morgan fingerprint density at radius 2 is 1.67 bits per heavy atom. The van der Waals surface area contributed by atoms with Crippen LogP contribution in [0.5, 0.6) is 5.75 Å². The highest BCUT2D eigenvalue weighted by Gasteiger charge is 2.44. The maximum Gasteiger partial charge on any atom is 0.338 e. The van der Waals surface area contributed by atoms with Gasteiger partial charge in [0.15, 0.2) is 5.11 Å².